The van der Waals surface area contributed by atoms with Gasteiger partial charge in [-0.15, -0.1) is 0 Å². The molecule has 0 fully saturated rings. The molecule has 30 heavy (non-hydrogen) atoms. The van der Waals surface area contributed by atoms with Gasteiger partial charge >= 0.3 is 5.97 Å². The molecule has 2 heterocycles. The second kappa shape index (κ2) is 8.42. The molecule has 8 heteroatoms. The number of hydrogen-bond donors (Lipinski definition) is 0. The highest BCUT2D eigenvalue weighted by Crippen LogP contribution is 2.26. The number of carbonyl (C=O) groups excluding carboxylic acids is 1. The van der Waals surface area contributed by atoms with Crippen molar-refractivity contribution in [1.29, 1.82) is 0 Å². The molecule has 152 valence electrons. The van der Waals surface area contributed by atoms with Crippen LogP contribution in [-0.4, -0.2) is 35.9 Å². The highest BCUT2D eigenvalue weighted by atomic mass is 35.5. The molecule has 2 aromatic carbocycles. The number of cyclic esters (lactones) is 1. The van der Waals surface area contributed by atoms with Crippen LogP contribution in [0.25, 0.3) is 6.08 Å². The number of benzene rings is 2. The van der Waals surface area contributed by atoms with Crippen LogP contribution >= 0.6 is 11.6 Å². The van der Waals surface area contributed by atoms with Crippen molar-refractivity contribution in [1.82, 2.24) is 9.78 Å². The van der Waals surface area contributed by atoms with Gasteiger partial charge in [0.05, 0.1) is 27.0 Å². The van der Waals surface area contributed by atoms with Crippen LogP contribution in [-0.2, 0) is 16.1 Å². The van der Waals surface area contributed by atoms with Crippen molar-refractivity contribution in [2.75, 3.05) is 14.2 Å². The average molecular weight is 424 g/mol. The van der Waals surface area contributed by atoms with Crippen molar-refractivity contribution in [2.24, 2.45) is 4.99 Å². The topological polar surface area (TPSA) is 74.9 Å². The van der Waals surface area contributed by atoms with Gasteiger partial charge in [0.1, 0.15) is 11.5 Å². The fourth-order valence-corrected chi connectivity index (χ4v) is 3.16. The summed E-state index contributed by atoms with van der Waals surface area (Å²) in [5.74, 6) is 0.792. The number of halogens is 1. The van der Waals surface area contributed by atoms with Gasteiger partial charge in [-0.2, -0.15) is 5.10 Å². The van der Waals surface area contributed by atoms with Gasteiger partial charge in [-0.3, -0.25) is 4.68 Å². The molecule has 1 aliphatic heterocycles. The van der Waals surface area contributed by atoms with E-state index in [1.54, 1.807) is 49.4 Å². The normalized spacial score (nSPS) is 14.6. The number of methoxy groups -OCH3 is 2. The minimum Gasteiger partial charge on any atom is -0.497 e. The molecule has 0 atom stereocenters. The van der Waals surface area contributed by atoms with Crippen molar-refractivity contribution >= 4 is 29.5 Å². The fourth-order valence-electron chi connectivity index (χ4n) is 2.96. The number of aromatic nitrogens is 2. The number of carbonyl (C=O) groups is 1. The number of ether oxygens (including phenoxy) is 3. The molecule has 0 N–H and O–H groups in total. The summed E-state index contributed by atoms with van der Waals surface area (Å²) in [6.45, 7) is 0.519. The molecule has 0 saturated heterocycles. The summed E-state index contributed by atoms with van der Waals surface area (Å²) < 4.78 is 17.6. The lowest BCUT2D eigenvalue weighted by molar-refractivity contribution is -0.129. The maximum atomic E-state index is 12.3. The first-order valence-corrected chi connectivity index (χ1v) is 9.45. The maximum absolute atomic E-state index is 12.3. The Balaban J connectivity index is 1.58. The molecule has 1 aromatic heterocycles. The molecule has 1 aliphatic rings. The Kier molecular flexibility index (Phi) is 5.54. The molecule has 7 nitrogen and oxygen atoms in total. The predicted molar refractivity (Wildman–Crippen MR) is 113 cm³/mol. The van der Waals surface area contributed by atoms with Crippen molar-refractivity contribution < 1.29 is 19.0 Å². The Morgan fingerprint density at radius 2 is 1.87 bits per heavy atom. The highest BCUT2D eigenvalue weighted by molar-refractivity contribution is 6.31. The van der Waals surface area contributed by atoms with Crippen LogP contribution in [0.4, 0.5) is 0 Å². The summed E-state index contributed by atoms with van der Waals surface area (Å²) in [4.78, 5) is 16.6. The van der Waals surface area contributed by atoms with Crippen LogP contribution in [0.2, 0.25) is 5.02 Å². The lowest BCUT2D eigenvalue weighted by Crippen LogP contribution is -2.06. The van der Waals surface area contributed by atoms with Crippen LogP contribution in [0, 0.1) is 0 Å². The van der Waals surface area contributed by atoms with Gasteiger partial charge in [0.25, 0.3) is 0 Å². The van der Waals surface area contributed by atoms with E-state index in [4.69, 9.17) is 25.8 Å². The summed E-state index contributed by atoms with van der Waals surface area (Å²) in [6, 6.07) is 12.7. The van der Waals surface area contributed by atoms with Crippen molar-refractivity contribution in [3.8, 4) is 11.5 Å². The zero-order valence-electron chi connectivity index (χ0n) is 16.3. The largest absolute Gasteiger partial charge is 0.497 e. The average Bonchev–Trinajstić information content (AvgIpc) is 3.36. The first-order chi connectivity index (χ1) is 14.6. The van der Waals surface area contributed by atoms with Gasteiger partial charge in [-0.25, -0.2) is 9.79 Å². The second-order valence-electron chi connectivity index (χ2n) is 6.50. The summed E-state index contributed by atoms with van der Waals surface area (Å²) >= 11 is 6.21. The van der Waals surface area contributed by atoms with Crippen molar-refractivity contribution in [3.05, 3.63) is 82.3 Å². The third-order valence-corrected chi connectivity index (χ3v) is 4.83. The molecule has 0 saturated carbocycles. The van der Waals surface area contributed by atoms with Crippen LogP contribution in [0.5, 0.6) is 11.5 Å². The Morgan fingerprint density at radius 1 is 1.13 bits per heavy atom. The molecule has 0 amide bonds. The Hall–Kier alpha value is -3.58. The number of rotatable bonds is 6. The zero-order valence-corrected chi connectivity index (χ0v) is 17.1. The van der Waals surface area contributed by atoms with E-state index in [0.29, 0.717) is 28.6 Å². The number of esters is 1. The molecule has 3 aromatic rings. The van der Waals surface area contributed by atoms with Crippen LogP contribution in [0.1, 0.15) is 16.7 Å². The third-order valence-electron chi connectivity index (χ3n) is 4.47. The summed E-state index contributed by atoms with van der Waals surface area (Å²) in [5.41, 5.74) is 2.44. The molecule has 0 radical (unpaired) electrons. The lowest BCUT2D eigenvalue weighted by atomic mass is 10.2. The first-order valence-electron chi connectivity index (χ1n) is 9.07. The minimum atomic E-state index is -0.536. The molecule has 0 aliphatic carbocycles. The monoisotopic (exact) mass is 423 g/mol. The van der Waals surface area contributed by atoms with Crippen LogP contribution in [0.15, 0.2) is 65.5 Å². The summed E-state index contributed by atoms with van der Waals surface area (Å²) in [5, 5.41) is 5.00. The van der Waals surface area contributed by atoms with E-state index in [2.05, 4.69) is 10.1 Å². The van der Waals surface area contributed by atoms with Crippen molar-refractivity contribution in [2.45, 2.75) is 6.54 Å². The van der Waals surface area contributed by atoms with Gasteiger partial charge in [-0.1, -0.05) is 29.8 Å². The molecular formula is C22H18ClN3O4. The first kappa shape index (κ1) is 19.7. The van der Waals surface area contributed by atoms with Crippen LogP contribution < -0.4 is 9.47 Å². The quantitative estimate of drug-likeness (QED) is 0.443. The third kappa shape index (κ3) is 4.21. The molecule has 0 bridgehead atoms. The SMILES string of the molecule is COc1cc(OC)cc(C2=N/C(=C\c3cnn(Cc4ccccc4Cl)c3)C(=O)O2)c1. The Bertz CT molecular complexity index is 1140. The van der Waals surface area contributed by atoms with Gasteiger partial charge in [0, 0.05) is 28.4 Å². The van der Waals surface area contributed by atoms with Gasteiger partial charge < -0.3 is 14.2 Å². The Morgan fingerprint density at radius 3 is 2.57 bits per heavy atom. The van der Waals surface area contributed by atoms with Crippen LogP contribution in [0.3, 0.4) is 0 Å². The molecule has 0 spiro atoms. The molecule has 4 rings (SSSR count). The van der Waals surface area contributed by atoms with E-state index in [9.17, 15) is 4.79 Å². The van der Waals surface area contributed by atoms with Gasteiger partial charge in [0.2, 0.25) is 5.90 Å². The predicted octanol–water partition coefficient (Wildman–Crippen LogP) is 3.95. The number of hydrogen-bond acceptors (Lipinski definition) is 6. The number of nitrogens with zero attached hydrogens (tertiary/aromatic N) is 3. The van der Waals surface area contributed by atoms with E-state index < -0.39 is 5.97 Å². The summed E-state index contributed by atoms with van der Waals surface area (Å²) in [7, 11) is 3.10. The van der Waals surface area contributed by atoms with E-state index in [1.165, 1.54) is 0 Å². The maximum Gasteiger partial charge on any atom is 0.363 e. The fraction of sp³-hybridized carbons (Fsp3) is 0.136. The Labute approximate surface area is 178 Å². The van der Waals surface area contributed by atoms with E-state index in [0.717, 1.165) is 11.1 Å². The van der Waals surface area contributed by atoms with Gasteiger partial charge in [-0.05, 0) is 29.8 Å². The lowest BCUT2D eigenvalue weighted by Gasteiger charge is -2.07. The van der Waals surface area contributed by atoms with E-state index in [-0.39, 0.29) is 11.6 Å². The second-order valence-corrected chi connectivity index (χ2v) is 6.91. The highest BCUT2D eigenvalue weighted by Gasteiger charge is 2.25. The smallest absolute Gasteiger partial charge is 0.363 e. The number of aliphatic imine (C=N–C) groups is 1. The van der Waals surface area contributed by atoms with E-state index >= 15 is 0 Å². The molecular weight excluding hydrogens is 406 g/mol. The molecule has 0 unspecified atom stereocenters. The van der Waals surface area contributed by atoms with Gasteiger partial charge in [0.15, 0.2) is 5.70 Å². The van der Waals surface area contributed by atoms with E-state index in [1.807, 2.05) is 30.5 Å². The standard InChI is InChI=1S/C22H18ClN3O4/c1-28-17-8-16(9-18(10-17)29-2)21-25-20(22(27)30-21)7-14-11-24-26(12-14)13-15-5-3-4-6-19(15)23/h3-12H,13H2,1-2H3/b20-7-. The summed E-state index contributed by atoms with van der Waals surface area (Å²) in [6.07, 6.45) is 5.09. The van der Waals surface area contributed by atoms with Crippen molar-refractivity contribution in [3.63, 3.8) is 0 Å². The minimum absolute atomic E-state index is 0.184. The zero-order chi connectivity index (χ0) is 21.1.